The number of aromatic amines is 1. The highest BCUT2D eigenvalue weighted by atomic mass is 31.2. The van der Waals surface area contributed by atoms with Gasteiger partial charge >= 0.3 is 7.82 Å². The van der Waals surface area contributed by atoms with Gasteiger partial charge in [0.1, 0.15) is 23.6 Å². The fourth-order valence-electron chi connectivity index (χ4n) is 9.86. The maximum Gasteiger partial charge on any atom is 0.524 e. The van der Waals surface area contributed by atoms with Crippen LogP contribution < -0.4 is 15.2 Å². The summed E-state index contributed by atoms with van der Waals surface area (Å²) in [7, 11) is -4.75. The largest absolute Gasteiger partial charge is 0.524 e. The third-order valence-corrected chi connectivity index (χ3v) is 14.1. The molecule has 364 valence electrons. The molecule has 65 heavy (non-hydrogen) atoms. The number of phosphoric acid groups is 1. The third kappa shape index (κ3) is 19.3. The van der Waals surface area contributed by atoms with Gasteiger partial charge in [-0.3, -0.25) is 29.0 Å². The molecule has 4 atom stereocenters. The molecule has 3 saturated heterocycles. The van der Waals surface area contributed by atoms with Gasteiger partial charge in [0.05, 0.1) is 6.33 Å². The predicted octanol–water partition coefficient (Wildman–Crippen LogP) is 7.27. The van der Waals surface area contributed by atoms with E-state index in [0.29, 0.717) is 44.3 Å². The molecule has 0 bridgehead atoms. The number of carbonyl (C=O) groups excluding carboxylic acids is 4. The van der Waals surface area contributed by atoms with Crippen molar-refractivity contribution in [2.75, 3.05) is 45.8 Å². The molecule has 2 aromatic rings. The number of fused-ring (bicyclic) bond motifs is 1. The number of imidazole rings is 1. The molecule has 1 unspecified atom stereocenters. The van der Waals surface area contributed by atoms with Crippen molar-refractivity contribution in [3.8, 4) is 5.75 Å². The number of nitrogens with zero attached hydrogens (tertiary/aromatic N) is 4. The van der Waals surface area contributed by atoms with Crippen LogP contribution in [0.25, 0.3) is 0 Å². The summed E-state index contributed by atoms with van der Waals surface area (Å²) >= 11 is 0. The lowest BCUT2D eigenvalue weighted by Crippen LogP contribution is -2.57. The Bertz CT molecular complexity index is 1750. The van der Waals surface area contributed by atoms with Gasteiger partial charge in [-0.05, 0) is 62.8 Å². The number of nitrogens with one attached hydrogen (secondary N) is 3. The van der Waals surface area contributed by atoms with Crippen LogP contribution in [0.5, 0.6) is 5.75 Å². The fourth-order valence-corrected chi connectivity index (χ4v) is 10.3. The average molecular weight is 926 g/mol. The molecule has 3 aliphatic heterocycles. The van der Waals surface area contributed by atoms with Crippen LogP contribution in [0.2, 0.25) is 0 Å². The van der Waals surface area contributed by atoms with Crippen molar-refractivity contribution in [3.63, 3.8) is 0 Å². The summed E-state index contributed by atoms with van der Waals surface area (Å²) in [5.41, 5.74) is 1.59. The Morgan fingerprint density at radius 3 is 2.06 bits per heavy atom. The van der Waals surface area contributed by atoms with Crippen molar-refractivity contribution in [2.24, 2.45) is 5.92 Å². The number of aromatic nitrogens is 2. The molecule has 4 heterocycles. The number of ketones is 1. The minimum atomic E-state index is -4.75. The lowest BCUT2D eigenvalue weighted by atomic mass is 9.91. The number of H-pyrrole nitrogens is 1. The van der Waals surface area contributed by atoms with Crippen molar-refractivity contribution in [1.29, 1.82) is 0 Å². The van der Waals surface area contributed by atoms with E-state index in [-0.39, 0.29) is 42.2 Å². The molecular weight excluding hydrogens is 846 g/mol. The van der Waals surface area contributed by atoms with E-state index < -0.39 is 31.7 Å². The van der Waals surface area contributed by atoms with E-state index in [1.165, 1.54) is 102 Å². The summed E-state index contributed by atoms with van der Waals surface area (Å²) in [6.07, 6.45) is 27.5. The van der Waals surface area contributed by atoms with E-state index in [1.807, 2.05) is 0 Å². The number of benzene rings is 1. The van der Waals surface area contributed by atoms with Gasteiger partial charge in [-0.15, -0.1) is 0 Å². The molecule has 0 aliphatic carbocycles. The van der Waals surface area contributed by atoms with Crippen LogP contribution in [0.1, 0.15) is 159 Å². The Hall–Kier alpha value is -3.62. The van der Waals surface area contributed by atoms with Gasteiger partial charge in [-0.1, -0.05) is 115 Å². The molecule has 1 aromatic carbocycles. The lowest BCUT2D eigenvalue weighted by Gasteiger charge is -2.35. The maximum absolute atomic E-state index is 14.3. The van der Waals surface area contributed by atoms with E-state index >= 15 is 0 Å². The molecule has 3 amide bonds. The van der Waals surface area contributed by atoms with E-state index in [1.54, 1.807) is 29.6 Å². The second kappa shape index (κ2) is 28.5. The van der Waals surface area contributed by atoms with E-state index in [2.05, 4.69) is 37.3 Å². The van der Waals surface area contributed by atoms with Crippen molar-refractivity contribution in [2.45, 2.75) is 179 Å². The normalized spacial score (nSPS) is 20.2. The van der Waals surface area contributed by atoms with Crippen molar-refractivity contribution < 1.29 is 38.1 Å². The second-order valence-electron chi connectivity index (χ2n) is 18.9. The highest BCUT2D eigenvalue weighted by molar-refractivity contribution is 7.46. The van der Waals surface area contributed by atoms with Crippen molar-refractivity contribution >= 4 is 31.3 Å². The molecular formula is C49H80N7O8P. The zero-order valence-electron chi connectivity index (χ0n) is 39.3. The van der Waals surface area contributed by atoms with Gasteiger partial charge in [0, 0.05) is 82.4 Å². The molecule has 15 nitrogen and oxygen atoms in total. The van der Waals surface area contributed by atoms with Gasteiger partial charge in [-0.2, -0.15) is 0 Å². The van der Waals surface area contributed by atoms with Crippen LogP contribution in [-0.4, -0.2) is 122 Å². The summed E-state index contributed by atoms with van der Waals surface area (Å²) < 4.78 is 16.1. The number of hydrogen-bond acceptors (Lipinski definition) is 9. The van der Waals surface area contributed by atoms with E-state index in [4.69, 9.17) is 4.52 Å². The molecule has 5 rings (SSSR count). The summed E-state index contributed by atoms with van der Waals surface area (Å²) in [6.45, 7) is 8.21. The first-order valence-electron chi connectivity index (χ1n) is 25.2. The monoisotopic (exact) mass is 926 g/mol. The maximum atomic E-state index is 14.3. The van der Waals surface area contributed by atoms with Gasteiger partial charge in [0.25, 0.3) is 0 Å². The minimum Gasteiger partial charge on any atom is -0.404 e. The van der Waals surface area contributed by atoms with Crippen LogP contribution in [0.4, 0.5) is 0 Å². The number of rotatable bonds is 30. The van der Waals surface area contributed by atoms with E-state index in [0.717, 1.165) is 64.1 Å². The summed E-state index contributed by atoms with van der Waals surface area (Å²) in [6, 6.07) is 4.57. The second-order valence-corrected chi connectivity index (χ2v) is 20.0. The van der Waals surface area contributed by atoms with E-state index in [9.17, 15) is 33.5 Å². The first-order valence-corrected chi connectivity index (χ1v) is 26.7. The number of Topliss-reactive ketones (excluding diaryl/α,β-unsaturated/α-hetero) is 1. The number of phosphoric ester groups is 1. The Kier molecular flexibility index (Phi) is 23.0. The van der Waals surface area contributed by atoms with Gasteiger partial charge in [-0.25, -0.2) is 9.55 Å². The first kappa shape index (κ1) is 52.4. The van der Waals surface area contributed by atoms with Crippen molar-refractivity contribution in [1.82, 2.24) is 35.3 Å². The molecule has 0 spiro atoms. The van der Waals surface area contributed by atoms with Gasteiger partial charge in [0.15, 0.2) is 0 Å². The van der Waals surface area contributed by atoms with Gasteiger partial charge in [0.2, 0.25) is 17.7 Å². The van der Waals surface area contributed by atoms with Crippen LogP contribution in [0, 0.1) is 5.92 Å². The lowest BCUT2D eigenvalue weighted by molar-refractivity contribution is -0.144. The van der Waals surface area contributed by atoms with Crippen LogP contribution in [0.15, 0.2) is 36.8 Å². The number of hydrogen-bond donors (Lipinski definition) is 5. The SMILES string of the molecule is CCCCCCCCCCCCCCCCN1CCN(CCC(=O)C[C@@H](Cc2ccc(OP(=O)(O)O)cc2)C(=O)N[C@H]2CCCCC3CC[C@@H](C(=O)NCCc4cnc[nH]4)N3C2=O)CC1. The first-order chi connectivity index (χ1) is 31.5. The molecule has 0 saturated carbocycles. The Morgan fingerprint density at radius 2 is 1.45 bits per heavy atom. The fraction of sp³-hybridized carbons (Fsp3) is 0.735. The Labute approximate surface area is 388 Å². The molecule has 3 fully saturated rings. The third-order valence-electron chi connectivity index (χ3n) is 13.7. The minimum absolute atomic E-state index is 0.0136. The smallest absolute Gasteiger partial charge is 0.404 e. The Balaban J connectivity index is 1.07. The number of carbonyl (C=O) groups is 4. The van der Waals surface area contributed by atoms with Crippen LogP contribution in [0.3, 0.4) is 0 Å². The molecule has 3 aliphatic rings. The van der Waals surface area contributed by atoms with Gasteiger partial charge < -0.3 is 34.8 Å². The summed E-state index contributed by atoms with van der Waals surface area (Å²) in [4.78, 5) is 87.8. The van der Waals surface area contributed by atoms with Crippen molar-refractivity contribution in [3.05, 3.63) is 48.0 Å². The highest BCUT2D eigenvalue weighted by Crippen LogP contribution is 2.37. The zero-order valence-corrected chi connectivity index (χ0v) is 40.2. The number of amides is 3. The summed E-state index contributed by atoms with van der Waals surface area (Å²) in [5.74, 6) is -1.70. The topological polar surface area (TPSA) is 197 Å². The average Bonchev–Trinajstić information content (AvgIpc) is 3.97. The molecule has 0 radical (unpaired) electrons. The van der Waals surface area contributed by atoms with Crippen LogP contribution >= 0.6 is 7.82 Å². The van der Waals surface area contributed by atoms with Crippen LogP contribution in [-0.2, 0) is 36.6 Å². The molecule has 16 heteroatoms. The zero-order chi connectivity index (χ0) is 46.3. The molecule has 5 N–H and O–H groups in total. The Morgan fingerprint density at radius 1 is 0.831 bits per heavy atom. The number of piperazine rings is 1. The standard InChI is InChI=1S/C49H80N7O8P/c1-2-3-4-5-6-7-8-9-10-11-12-13-14-17-29-54-31-33-55(34-32-54)30-27-43(57)36-40(35-39-20-23-44(24-21-39)64-65(61,62)63)47(58)53-45-19-16-15-18-42-22-25-46(56(42)49(45)60)48(59)51-28-26-41-37-50-38-52-41/h20-21,23-24,37-38,40,42,45-46H,2-19,22,25-36H2,1H3,(H,50,52)(H,51,59)(H,53,58)(H2,61,62,63)/t40-,42?,45+,46+/m1/s1. The summed E-state index contributed by atoms with van der Waals surface area (Å²) in [5, 5.41) is 6.02. The number of unbranched alkanes of at least 4 members (excludes halogenated alkanes) is 13. The molecule has 1 aromatic heterocycles. The predicted molar refractivity (Wildman–Crippen MR) is 253 cm³/mol. The quantitative estimate of drug-likeness (QED) is 0.0391. The highest BCUT2D eigenvalue weighted by Gasteiger charge is 2.44.